The smallest absolute Gasteiger partial charge is 0.164 e. The number of fused-ring (bicyclic) bond motifs is 1. The number of nitrogens with zero attached hydrogens (tertiary/aromatic N) is 1. The van der Waals surface area contributed by atoms with E-state index in [2.05, 4.69) is 0 Å². The minimum Gasteiger partial charge on any atom is -0.485 e. The zero-order chi connectivity index (χ0) is 14.5. The Morgan fingerprint density at radius 3 is 2.45 bits per heavy atom. The number of ether oxygens (including phenoxy) is 5. The molecule has 6 heteroatoms. The third-order valence-corrected chi connectivity index (χ3v) is 3.61. The Bertz CT molecular complexity index is 478. The first kappa shape index (κ1) is 13.8. The Kier molecular flexibility index (Phi) is 3.07. The SMILES string of the molecule is CC1(C)O[C@H]2[C@@H]([C@H]3COC(C)(C)O3)O/C(=C\C#N)[C@H]2O1. The van der Waals surface area contributed by atoms with Crippen LogP contribution in [0.4, 0.5) is 0 Å². The molecule has 0 aromatic rings. The van der Waals surface area contributed by atoms with Crippen LogP contribution in [-0.4, -0.2) is 42.6 Å². The molecular weight excluding hydrogens is 262 g/mol. The molecule has 0 aromatic heterocycles. The van der Waals surface area contributed by atoms with E-state index in [0.717, 1.165) is 0 Å². The maximum absolute atomic E-state index is 8.85. The van der Waals surface area contributed by atoms with Crippen LogP contribution in [0.3, 0.4) is 0 Å². The molecule has 4 atom stereocenters. The summed E-state index contributed by atoms with van der Waals surface area (Å²) in [4.78, 5) is 0. The van der Waals surface area contributed by atoms with Gasteiger partial charge in [0.15, 0.2) is 17.7 Å². The molecule has 0 unspecified atom stereocenters. The summed E-state index contributed by atoms with van der Waals surface area (Å²) in [6.07, 6.45) is 0.153. The first-order valence-corrected chi connectivity index (χ1v) is 6.75. The van der Waals surface area contributed by atoms with Crippen molar-refractivity contribution >= 4 is 0 Å². The summed E-state index contributed by atoms with van der Waals surface area (Å²) in [6.45, 7) is 7.86. The molecule has 0 saturated carbocycles. The molecule has 0 spiro atoms. The van der Waals surface area contributed by atoms with Crippen LogP contribution in [0.2, 0.25) is 0 Å². The van der Waals surface area contributed by atoms with E-state index >= 15 is 0 Å². The lowest BCUT2D eigenvalue weighted by Crippen LogP contribution is -2.40. The number of hydrogen-bond acceptors (Lipinski definition) is 6. The molecule has 0 bridgehead atoms. The molecule has 0 radical (unpaired) electrons. The Morgan fingerprint density at radius 2 is 1.85 bits per heavy atom. The second-order valence-corrected chi connectivity index (χ2v) is 6.15. The molecule has 0 aromatic carbocycles. The minimum atomic E-state index is -0.694. The van der Waals surface area contributed by atoms with Crippen molar-refractivity contribution in [3.05, 3.63) is 11.8 Å². The lowest BCUT2D eigenvalue weighted by molar-refractivity contribution is -0.187. The van der Waals surface area contributed by atoms with Gasteiger partial charge >= 0.3 is 0 Å². The van der Waals surface area contributed by atoms with E-state index in [9.17, 15) is 0 Å². The Morgan fingerprint density at radius 1 is 1.10 bits per heavy atom. The molecule has 3 fully saturated rings. The van der Waals surface area contributed by atoms with Gasteiger partial charge in [0.05, 0.1) is 18.8 Å². The van der Waals surface area contributed by atoms with Crippen LogP contribution in [0.1, 0.15) is 27.7 Å². The predicted octanol–water partition coefficient (Wildman–Crippen LogP) is 1.46. The normalized spacial score (nSPS) is 43.2. The standard InChI is InChI=1S/C14H19NO5/c1-13(2)16-7-9(18-13)10-12-11(8(17-10)5-6-15)19-14(3,4)20-12/h5,9-12H,7H2,1-4H3/b8-5-/t9-,10-,11-,12+/m1/s1. The third-order valence-electron chi connectivity index (χ3n) is 3.61. The van der Waals surface area contributed by atoms with E-state index in [1.54, 1.807) is 0 Å². The minimum absolute atomic E-state index is 0.236. The third kappa shape index (κ3) is 2.31. The van der Waals surface area contributed by atoms with Crippen molar-refractivity contribution < 1.29 is 23.7 Å². The van der Waals surface area contributed by atoms with Gasteiger partial charge in [-0.2, -0.15) is 5.26 Å². The molecule has 3 aliphatic heterocycles. The highest BCUT2D eigenvalue weighted by molar-refractivity contribution is 5.21. The Balaban J connectivity index is 1.83. The first-order valence-electron chi connectivity index (χ1n) is 6.75. The fourth-order valence-electron chi connectivity index (χ4n) is 2.89. The van der Waals surface area contributed by atoms with E-state index < -0.39 is 11.6 Å². The van der Waals surface area contributed by atoms with Crippen LogP contribution < -0.4 is 0 Å². The topological polar surface area (TPSA) is 69.9 Å². The second kappa shape index (κ2) is 4.43. The monoisotopic (exact) mass is 281 g/mol. The average Bonchev–Trinajstić information content (AvgIpc) is 2.92. The van der Waals surface area contributed by atoms with Crippen molar-refractivity contribution in [1.82, 2.24) is 0 Å². The molecule has 3 aliphatic rings. The largest absolute Gasteiger partial charge is 0.485 e. The molecule has 3 rings (SSSR count). The summed E-state index contributed by atoms with van der Waals surface area (Å²) < 4.78 is 29.0. The van der Waals surface area contributed by atoms with Gasteiger partial charge in [-0.3, -0.25) is 0 Å². The van der Waals surface area contributed by atoms with E-state index in [1.165, 1.54) is 6.08 Å². The van der Waals surface area contributed by atoms with Crippen LogP contribution in [0.25, 0.3) is 0 Å². The van der Waals surface area contributed by atoms with Gasteiger partial charge in [0.25, 0.3) is 0 Å². The maximum atomic E-state index is 8.85. The maximum Gasteiger partial charge on any atom is 0.164 e. The quantitative estimate of drug-likeness (QED) is 0.678. The molecule has 3 saturated heterocycles. The van der Waals surface area contributed by atoms with Crippen molar-refractivity contribution in [3.8, 4) is 6.07 Å². The second-order valence-electron chi connectivity index (χ2n) is 6.15. The molecular formula is C14H19NO5. The number of nitriles is 1. The molecule has 0 aliphatic carbocycles. The van der Waals surface area contributed by atoms with Crippen molar-refractivity contribution in [2.45, 2.75) is 63.7 Å². The Labute approximate surface area is 118 Å². The average molecular weight is 281 g/mol. The lowest BCUT2D eigenvalue weighted by Gasteiger charge is -2.25. The molecule has 20 heavy (non-hydrogen) atoms. The molecule has 110 valence electrons. The molecule has 0 N–H and O–H groups in total. The van der Waals surface area contributed by atoms with E-state index in [1.807, 2.05) is 33.8 Å². The van der Waals surface area contributed by atoms with Crippen molar-refractivity contribution in [3.63, 3.8) is 0 Å². The zero-order valence-corrected chi connectivity index (χ0v) is 12.1. The first-order chi connectivity index (χ1) is 9.31. The van der Waals surface area contributed by atoms with E-state index in [4.69, 9.17) is 28.9 Å². The molecule has 6 nitrogen and oxygen atoms in total. The summed E-state index contributed by atoms with van der Waals surface area (Å²) in [5, 5.41) is 8.85. The fourth-order valence-corrected chi connectivity index (χ4v) is 2.89. The highest BCUT2D eigenvalue weighted by atomic mass is 16.8. The van der Waals surface area contributed by atoms with Gasteiger partial charge in [-0.1, -0.05) is 0 Å². The van der Waals surface area contributed by atoms with Crippen molar-refractivity contribution in [1.29, 1.82) is 5.26 Å². The Hall–Kier alpha value is -1.13. The summed E-state index contributed by atoms with van der Waals surface area (Å²) in [5.41, 5.74) is 0. The van der Waals surface area contributed by atoms with Gasteiger partial charge < -0.3 is 23.7 Å². The van der Waals surface area contributed by atoms with Crippen LogP contribution in [-0.2, 0) is 23.7 Å². The number of allylic oxidation sites excluding steroid dienone is 1. The summed E-state index contributed by atoms with van der Waals surface area (Å²) in [7, 11) is 0. The highest BCUT2D eigenvalue weighted by Crippen LogP contribution is 2.43. The van der Waals surface area contributed by atoms with Gasteiger partial charge in [0.1, 0.15) is 24.1 Å². The van der Waals surface area contributed by atoms with Crippen LogP contribution in [0.5, 0.6) is 0 Å². The van der Waals surface area contributed by atoms with Gasteiger partial charge in [0.2, 0.25) is 0 Å². The van der Waals surface area contributed by atoms with Crippen molar-refractivity contribution in [2.24, 2.45) is 0 Å². The van der Waals surface area contributed by atoms with Gasteiger partial charge in [0, 0.05) is 0 Å². The summed E-state index contributed by atoms with van der Waals surface area (Å²) in [5.74, 6) is -0.817. The zero-order valence-electron chi connectivity index (χ0n) is 12.1. The summed E-state index contributed by atoms with van der Waals surface area (Å²) >= 11 is 0. The van der Waals surface area contributed by atoms with Gasteiger partial charge in [-0.05, 0) is 27.7 Å². The lowest BCUT2D eigenvalue weighted by atomic mass is 10.1. The fraction of sp³-hybridized carbons (Fsp3) is 0.786. The van der Waals surface area contributed by atoms with Crippen LogP contribution in [0, 0.1) is 11.3 Å². The van der Waals surface area contributed by atoms with Gasteiger partial charge in [-0.15, -0.1) is 0 Å². The van der Waals surface area contributed by atoms with E-state index in [-0.39, 0.29) is 24.4 Å². The molecule has 3 heterocycles. The highest BCUT2D eigenvalue weighted by Gasteiger charge is 2.57. The van der Waals surface area contributed by atoms with Crippen LogP contribution >= 0.6 is 0 Å². The summed E-state index contributed by atoms with van der Waals surface area (Å²) in [6, 6.07) is 1.98. The predicted molar refractivity (Wildman–Crippen MR) is 67.3 cm³/mol. The van der Waals surface area contributed by atoms with E-state index in [0.29, 0.717) is 12.4 Å². The molecule has 0 amide bonds. The van der Waals surface area contributed by atoms with Gasteiger partial charge in [-0.25, -0.2) is 0 Å². The van der Waals surface area contributed by atoms with Crippen molar-refractivity contribution in [2.75, 3.05) is 6.61 Å². The van der Waals surface area contributed by atoms with Crippen LogP contribution in [0.15, 0.2) is 11.8 Å². The number of hydrogen-bond donors (Lipinski definition) is 0. The number of rotatable bonds is 1.